The molecule has 3 rings (SSSR count). The third-order valence-corrected chi connectivity index (χ3v) is 3.83. The van der Waals surface area contributed by atoms with E-state index in [1.54, 1.807) is 36.4 Å². The Kier molecular flexibility index (Phi) is 4.48. The lowest BCUT2D eigenvalue weighted by atomic mass is 10.1. The largest absolute Gasteiger partial charge is 0.484 e. The molecule has 7 heteroatoms. The van der Waals surface area contributed by atoms with E-state index in [0.717, 1.165) is 5.56 Å². The van der Waals surface area contributed by atoms with Gasteiger partial charge in [0.05, 0.1) is 11.1 Å². The molecule has 1 aliphatic rings. The molecule has 0 N–H and O–H groups in total. The number of nitrogens with zero attached hydrogens (tertiary/aromatic N) is 1. The fourth-order valence-electron chi connectivity index (χ4n) is 2.60. The van der Waals surface area contributed by atoms with E-state index in [4.69, 9.17) is 0 Å². The molecule has 0 aromatic heterocycles. The zero-order chi connectivity index (χ0) is 18.0. The average Bonchev–Trinajstić information content (AvgIpc) is 2.83. The molecule has 0 spiro atoms. The summed E-state index contributed by atoms with van der Waals surface area (Å²) < 4.78 is 41.0. The number of benzene rings is 2. The highest BCUT2D eigenvalue weighted by Gasteiger charge is 2.34. The molecule has 1 heterocycles. The van der Waals surface area contributed by atoms with Crippen LogP contribution in [0.25, 0.3) is 0 Å². The lowest BCUT2D eigenvalue weighted by Crippen LogP contribution is -2.31. The normalized spacial score (nSPS) is 14.0. The minimum Gasteiger partial charge on any atom is -0.484 e. The predicted molar refractivity (Wildman–Crippen MR) is 83.5 cm³/mol. The van der Waals surface area contributed by atoms with Crippen LogP contribution < -0.4 is 4.74 Å². The summed E-state index contributed by atoms with van der Waals surface area (Å²) in [6.07, 6.45) is -3.98. The quantitative estimate of drug-likeness (QED) is 0.777. The van der Waals surface area contributed by atoms with Gasteiger partial charge >= 0.3 is 6.18 Å². The molecular formula is C18H14F3NO3. The number of imide groups is 1. The lowest BCUT2D eigenvalue weighted by molar-refractivity contribution is -0.153. The SMILES string of the molecule is O=C1c2ccccc2C(=O)N1CCc1ccc(OCC(F)(F)F)cc1. The van der Waals surface area contributed by atoms with Gasteiger partial charge in [0.2, 0.25) is 0 Å². The maximum absolute atomic E-state index is 12.2. The zero-order valence-corrected chi connectivity index (χ0v) is 13.0. The Morgan fingerprint density at radius 3 is 1.96 bits per heavy atom. The molecule has 2 aromatic carbocycles. The molecule has 0 radical (unpaired) electrons. The van der Waals surface area contributed by atoms with Crippen LogP contribution in [0.4, 0.5) is 13.2 Å². The molecule has 0 bridgehead atoms. The standard InChI is InChI=1S/C18H14F3NO3/c19-18(20,21)11-25-13-7-5-12(6-8-13)9-10-22-16(23)14-3-1-2-4-15(14)17(22)24/h1-8H,9-11H2. The van der Waals surface area contributed by atoms with E-state index in [1.165, 1.54) is 17.0 Å². The Bertz CT molecular complexity index is 765. The van der Waals surface area contributed by atoms with E-state index in [2.05, 4.69) is 4.74 Å². The van der Waals surface area contributed by atoms with Gasteiger partial charge in [-0.3, -0.25) is 14.5 Å². The van der Waals surface area contributed by atoms with Gasteiger partial charge < -0.3 is 4.74 Å². The summed E-state index contributed by atoms with van der Waals surface area (Å²) in [5.41, 5.74) is 1.57. The fraction of sp³-hybridized carbons (Fsp3) is 0.222. The summed E-state index contributed by atoms with van der Waals surface area (Å²) >= 11 is 0. The van der Waals surface area contributed by atoms with Gasteiger partial charge in [-0.05, 0) is 36.2 Å². The zero-order valence-electron chi connectivity index (χ0n) is 13.0. The minimum absolute atomic E-state index is 0.113. The third kappa shape index (κ3) is 3.81. The Morgan fingerprint density at radius 2 is 1.44 bits per heavy atom. The van der Waals surface area contributed by atoms with E-state index in [0.29, 0.717) is 17.5 Å². The molecule has 0 unspecified atom stereocenters. The Balaban J connectivity index is 1.59. The van der Waals surface area contributed by atoms with Crippen LogP contribution in [0.5, 0.6) is 5.75 Å². The summed E-state index contributed by atoms with van der Waals surface area (Å²) in [5.74, 6) is -0.543. The van der Waals surface area contributed by atoms with Crippen molar-refractivity contribution in [1.82, 2.24) is 4.90 Å². The third-order valence-electron chi connectivity index (χ3n) is 3.83. The van der Waals surface area contributed by atoms with E-state index in [-0.39, 0.29) is 24.1 Å². The van der Waals surface area contributed by atoms with Gasteiger partial charge in [0.15, 0.2) is 6.61 Å². The van der Waals surface area contributed by atoms with E-state index in [1.807, 2.05) is 0 Å². The van der Waals surface area contributed by atoms with E-state index < -0.39 is 12.8 Å². The Morgan fingerprint density at radius 1 is 0.880 bits per heavy atom. The van der Waals surface area contributed by atoms with Crippen molar-refractivity contribution in [3.05, 3.63) is 65.2 Å². The number of fused-ring (bicyclic) bond motifs is 1. The highest BCUT2D eigenvalue weighted by atomic mass is 19.4. The van der Waals surface area contributed by atoms with Gasteiger partial charge in [0, 0.05) is 6.54 Å². The summed E-state index contributed by atoms with van der Waals surface area (Å²) in [7, 11) is 0. The van der Waals surface area contributed by atoms with Gasteiger partial charge in [0.25, 0.3) is 11.8 Å². The van der Waals surface area contributed by atoms with E-state index in [9.17, 15) is 22.8 Å². The second kappa shape index (κ2) is 6.58. The first-order valence-electron chi connectivity index (χ1n) is 7.59. The fourth-order valence-corrected chi connectivity index (χ4v) is 2.60. The molecule has 130 valence electrons. The lowest BCUT2D eigenvalue weighted by Gasteiger charge is -2.14. The van der Waals surface area contributed by atoms with Crippen molar-refractivity contribution in [2.24, 2.45) is 0 Å². The molecule has 0 aliphatic carbocycles. The van der Waals surface area contributed by atoms with Crippen molar-refractivity contribution in [2.45, 2.75) is 12.6 Å². The molecule has 0 fully saturated rings. The van der Waals surface area contributed by atoms with Crippen LogP contribution in [-0.4, -0.2) is 36.0 Å². The number of hydrogen-bond acceptors (Lipinski definition) is 3. The van der Waals surface area contributed by atoms with Crippen molar-refractivity contribution in [1.29, 1.82) is 0 Å². The van der Waals surface area contributed by atoms with Crippen molar-refractivity contribution in [3.8, 4) is 5.75 Å². The number of alkyl halides is 3. The Labute approximate surface area is 141 Å². The summed E-state index contributed by atoms with van der Waals surface area (Å²) in [6, 6.07) is 12.7. The van der Waals surface area contributed by atoms with Crippen LogP contribution >= 0.6 is 0 Å². The number of ether oxygens (including phenoxy) is 1. The molecule has 4 nitrogen and oxygen atoms in total. The predicted octanol–water partition coefficient (Wildman–Crippen LogP) is 3.47. The number of rotatable bonds is 5. The maximum Gasteiger partial charge on any atom is 0.422 e. The highest BCUT2D eigenvalue weighted by Crippen LogP contribution is 2.23. The van der Waals surface area contributed by atoms with Crippen LogP contribution in [0, 0.1) is 0 Å². The van der Waals surface area contributed by atoms with Gasteiger partial charge in [-0.2, -0.15) is 13.2 Å². The molecular weight excluding hydrogens is 335 g/mol. The van der Waals surface area contributed by atoms with Crippen molar-refractivity contribution in [2.75, 3.05) is 13.2 Å². The van der Waals surface area contributed by atoms with Crippen LogP contribution in [0.2, 0.25) is 0 Å². The second-order valence-corrected chi connectivity index (χ2v) is 5.61. The Hall–Kier alpha value is -2.83. The second-order valence-electron chi connectivity index (χ2n) is 5.61. The van der Waals surface area contributed by atoms with Crippen LogP contribution in [0.1, 0.15) is 26.3 Å². The van der Waals surface area contributed by atoms with Gasteiger partial charge in [0.1, 0.15) is 5.75 Å². The first kappa shape index (κ1) is 17.0. The summed E-state index contributed by atoms with van der Waals surface area (Å²) in [4.78, 5) is 25.7. The number of halogens is 3. The molecule has 0 saturated heterocycles. The summed E-state index contributed by atoms with van der Waals surface area (Å²) in [5, 5.41) is 0. The van der Waals surface area contributed by atoms with Crippen molar-refractivity contribution >= 4 is 11.8 Å². The van der Waals surface area contributed by atoms with Gasteiger partial charge in [-0.15, -0.1) is 0 Å². The van der Waals surface area contributed by atoms with Crippen molar-refractivity contribution in [3.63, 3.8) is 0 Å². The number of hydrogen-bond donors (Lipinski definition) is 0. The highest BCUT2D eigenvalue weighted by molar-refractivity contribution is 6.21. The van der Waals surface area contributed by atoms with Gasteiger partial charge in [-0.25, -0.2) is 0 Å². The van der Waals surface area contributed by atoms with Crippen LogP contribution in [-0.2, 0) is 6.42 Å². The first-order chi connectivity index (χ1) is 11.8. The minimum atomic E-state index is -4.38. The van der Waals surface area contributed by atoms with Gasteiger partial charge in [-0.1, -0.05) is 24.3 Å². The average molecular weight is 349 g/mol. The maximum atomic E-state index is 12.2. The first-order valence-corrected chi connectivity index (χ1v) is 7.59. The monoisotopic (exact) mass is 349 g/mol. The molecule has 0 saturated carbocycles. The van der Waals surface area contributed by atoms with E-state index >= 15 is 0 Å². The number of carbonyl (C=O) groups excluding carboxylic acids is 2. The smallest absolute Gasteiger partial charge is 0.422 e. The molecule has 25 heavy (non-hydrogen) atoms. The molecule has 1 aliphatic heterocycles. The molecule has 2 amide bonds. The molecule has 0 atom stereocenters. The van der Waals surface area contributed by atoms with Crippen LogP contribution in [0.15, 0.2) is 48.5 Å². The molecule has 2 aromatic rings. The summed E-state index contributed by atoms with van der Waals surface area (Å²) in [6.45, 7) is -1.14. The number of amides is 2. The van der Waals surface area contributed by atoms with Crippen LogP contribution in [0.3, 0.4) is 0 Å². The number of carbonyl (C=O) groups is 2. The van der Waals surface area contributed by atoms with Crippen molar-refractivity contribution < 1.29 is 27.5 Å². The topological polar surface area (TPSA) is 46.6 Å².